The standard InChI is InChI=1S/C13H13N3O2/c1-8-3-2-4-9(7-8)11-15-13(18-16-11)12(17)14-10-5-6-10/h2-4,7,10H,5-6H2,1H3,(H,14,17). The monoisotopic (exact) mass is 243 g/mol. The Morgan fingerprint density at radius 2 is 2.28 bits per heavy atom. The summed E-state index contributed by atoms with van der Waals surface area (Å²) in [5.41, 5.74) is 1.96. The maximum atomic E-state index is 11.7. The van der Waals surface area contributed by atoms with Gasteiger partial charge in [-0.1, -0.05) is 28.9 Å². The lowest BCUT2D eigenvalue weighted by atomic mass is 10.1. The Bertz CT molecular complexity index is 587. The molecule has 5 nitrogen and oxygen atoms in total. The van der Waals surface area contributed by atoms with Gasteiger partial charge in [0.25, 0.3) is 0 Å². The van der Waals surface area contributed by atoms with Crippen LogP contribution in [0.1, 0.15) is 29.1 Å². The summed E-state index contributed by atoms with van der Waals surface area (Å²) in [4.78, 5) is 15.8. The van der Waals surface area contributed by atoms with Gasteiger partial charge in [0.2, 0.25) is 5.82 Å². The van der Waals surface area contributed by atoms with E-state index in [9.17, 15) is 4.79 Å². The molecule has 1 heterocycles. The molecule has 5 heteroatoms. The van der Waals surface area contributed by atoms with Crippen molar-refractivity contribution >= 4 is 5.91 Å². The van der Waals surface area contributed by atoms with Gasteiger partial charge in [-0.15, -0.1) is 0 Å². The predicted molar refractivity (Wildman–Crippen MR) is 65.0 cm³/mol. The molecule has 0 bridgehead atoms. The van der Waals surface area contributed by atoms with Crippen LogP contribution in [0.4, 0.5) is 0 Å². The Morgan fingerprint density at radius 1 is 1.44 bits per heavy atom. The van der Waals surface area contributed by atoms with Crippen LogP contribution in [0.2, 0.25) is 0 Å². The van der Waals surface area contributed by atoms with Crippen molar-refractivity contribution in [3.05, 3.63) is 35.7 Å². The van der Waals surface area contributed by atoms with Crippen molar-refractivity contribution in [2.45, 2.75) is 25.8 Å². The molecule has 0 saturated heterocycles. The highest BCUT2D eigenvalue weighted by Gasteiger charge is 2.26. The van der Waals surface area contributed by atoms with Gasteiger partial charge in [0.05, 0.1) is 0 Å². The summed E-state index contributed by atoms with van der Waals surface area (Å²) in [6, 6.07) is 8.04. The average molecular weight is 243 g/mol. The van der Waals surface area contributed by atoms with Crippen LogP contribution in [0.15, 0.2) is 28.8 Å². The molecular weight excluding hydrogens is 230 g/mol. The zero-order valence-electron chi connectivity index (χ0n) is 10.0. The molecule has 0 aliphatic heterocycles. The van der Waals surface area contributed by atoms with Crippen molar-refractivity contribution in [3.8, 4) is 11.4 Å². The summed E-state index contributed by atoms with van der Waals surface area (Å²) in [5, 5.41) is 6.64. The lowest BCUT2D eigenvalue weighted by Gasteiger charge is -1.96. The van der Waals surface area contributed by atoms with E-state index in [4.69, 9.17) is 4.52 Å². The van der Waals surface area contributed by atoms with Crippen molar-refractivity contribution in [1.29, 1.82) is 0 Å². The third kappa shape index (κ3) is 2.25. The van der Waals surface area contributed by atoms with Crippen LogP contribution in [0.5, 0.6) is 0 Å². The van der Waals surface area contributed by atoms with Crippen LogP contribution in [0.25, 0.3) is 11.4 Å². The second-order valence-electron chi connectivity index (χ2n) is 4.54. The minimum absolute atomic E-state index is 0.0263. The topological polar surface area (TPSA) is 68.0 Å². The molecule has 1 fully saturated rings. The van der Waals surface area contributed by atoms with E-state index in [-0.39, 0.29) is 17.8 Å². The average Bonchev–Trinajstić information content (AvgIpc) is 3.03. The molecule has 1 aromatic carbocycles. The van der Waals surface area contributed by atoms with Crippen molar-refractivity contribution in [1.82, 2.24) is 15.5 Å². The van der Waals surface area contributed by atoms with Gasteiger partial charge in [-0.3, -0.25) is 4.79 Å². The Labute approximate surface area is 104 Å². The first-order chi connectivity index (χ1) is 8.72. The lowest BCUT2D eigenvalue weighted by molar-refractivity contribution is 0.0907. The first kappa shape index (κ1) is 11.0. The van der Waals surface area contributed by atoms with Crippen molar-refractivity contribution in [3.63, 3.8) is 0 Å². The SMILES string of the molecule is Cc1cccc(-c2noc(C(=O)NC3CC3)n2)c1. The largest absolute Gasteiger partial charge is 0.345 e. The van der Waals surface area contributed by atoms with Gasteiger partial charge in [-0.2, -0.15) is 4.98 Å². The number of carbonyl (C=O) groups excluding carboxylic acids is 1. The fraction of sp³-hybridized carbons (Fsp3) is 0.308. The van der Waals surface area contributed by atoms with E-state index in [1.165, 1.54) is 0 Å². The zero-order valence-corrected chi connectivity index (χ0v) is 10.0. The van der Waals surface area contributed by atoms with Gasteiger partial charge in [0, 0.05) is 11.6 Å². The number of aryl methyl sites for hydroxylation is 1. The Morgan fingerprint density at radius 3 is 3.00 bits per heavy atom. The number of carbonyl (C=O) groups is 1. The van der Waals surface area contributed by atoms with Crippen LogP contribution in [0, 0.1) is 6.92 Å². The van der Waals surface area contributed by atoms with Crippen molar-refractivity contribution < 1.29 is 9.32 Å². The number of amides is 1. The van der Waals surface area contributed by atoms with E-state index in [1.54, 1.807) is 0 Å². The Balaban J connectivity index is 1.82. The van der Waals surface area contributed by atoms with Crippen molar-refractivity contribution in [2.75, 3.05) is 0 Å². The summed E-state index contributed by atoms with van der Waals surface area (Å²) in [5.74, 6) is 0.182. The molecule has 3 rings (SSSR count). The molecule has 0 atom stereocenters. The maximum absolute atomic E-state index is 11.7. The first-order valence-electron chi connectivity index (χ1n) is 5.94. The smallest absolute Gasteiger partial charge is 0.316 e. The minimum Gasteiger partial charge on any atom is -0.345 e. The normalized spacial score (nSPS) is 14.5. The molecule has 1 saturated carbocycles. The molecule has 2 aromatic rings. The lowest BCUT2D eigenvalue weighted by Crippen LogP contribution is -2.25. The summed E-state index contributed by atoms with van der Waals surface area (Å²) in [6.45, 7) is 1.99. The molecule has 92 valence electrons. The maximum Gasteiger partial charge on any atom is 0.316 e. The molecule has 1 aliphatic rings. The first-order valence-corrected chi connectivity index (χ1v) is 5.94. The second-order valence-corrected chi connectivity index (χ2v) is 4.54. The van der Waals surface area contributed by atoms with E-state index >= 15 is 0 Å². The van der Waals surface area contributed by atoms with Crippen molar-refractivity contribution in [2.24, 2.45) is 0 Å². The summed E-state index contributed by atoms with van der Waals surface area (Å²) >= 11 is 0. The number of nitrogens with one attached hydrogen (secondary N) is 1. The van der Waals surface area contributed by atoms with E-state index in [0.29, 0.717) is 5.82 Å². The highest BCUT2D eigenvalue weighted by atomic mass is 16.5. The second kappa shape index (κ2) is 4.25. The van der Waals surface area contributed by atoms with Gasteiger partial charge in [-0.05, 0) is 25.8 Å². The number of nitrogens with zero attached hydrogens (tertiary/aromatic N) is 2. The van der Waals surface area contributed by atoms with Gasteiger partial charge < -0.3 is 9.84 Å². The zero-order chi connectivity index (χ0) is 12.5. The number of hydrogen-bond acceptors (Lipinski definition) is 4. The summed E-state index contributed by atoms with van der Waals surface area (Å²) in [7, 11) is 0. The molecule has 0 spiro atoms. The summed E-state index contributed by atoms with van der Waals surface area (Å²) < 4.78 is 4.98. The van der Waals surface area contributed by atoms with E-state index in [2.05, 4.69) is 15.5 Å². The van der Waals surface area contributed by atoms with Crippen LogP contribution >= 0.6 is 0 Å². The van der Waals surface area contributed by atoms with E-state index in [1.807, 2.05) is 31.2 Å². The molecule has 0 radical (unpaired) electrons. The predicted octanol–water partition coefficient (Wildman–Crippen LogP) is 1.94. The number of aromatic nitrogens is 2. The van der Waals surface area contributed by atoms with Gasteiger partial charge in [-0.25, -0.2) is 0 Å². The van der Waals surface area contributed by atoms with E-state index < -0.39 is 0 Å². The van der Waals surface area contributed by atoms with Gasteiger partial charge >= 0.3 is 11.8 Å². The molecule has 0 unspecified atom stereocenters. The molecular formula is C13H13N3O2. The number of rotatable bonds is 3. The van der Waals surface area contributed by atoms with Crippen LogP contribution in [0.3, 0.4) is 0 Å². The molecule has 1 amide bonds. The molecule has 1 N–H and O–H groups in total. The third-order valence-electron chi connectivity index (χ3n) is 2.81. The minimum atomic E-state index is -0.288. The molecule has 18 heavy (non-hydrogen) atoms. The molecule has 1 aliphatic carbocycles. The number of hydrogen-bond donors (Lipinski definition) is 1. The van der Waals surface area contributed by atoms with Crippen LogP contribution < -0.4 is 5.32 Å². The van der Waals surface area contributed by atoms with Gasteiger partial charge in [0.15, 0.2) is 0 Å². The summed E-state index contributed by atoms with van der Waals surface area (Å²) in [6.07, 6.45) is 2.06. The van der Waals surface area contributed by atoms with Gasteiger partial charge in [0.1, 0.15) is 0 Å². The van der Waals surface area contributed by atoms with Crippen LogP contribution in [-0.2, 0) is 0 Å². The highest BCUT2D eigenvalue weighted by molar-refractivity contribution is 5.90. The molecule has 1 aromatic heterocycles. The third-order valence-corrected chi connectivity index (χ3v) is 2.81. The Hall–Kier alpha value is -2.17. The Kier molecular flexibility index (Phi) is 2.59. The van der Waals surface area contributed by atoms with Crippen LogP contribution in [-0.4, -0.2) is 22.1 Å². The quantitative estimate of drug-likeness (QED) is 0.894. The highest BCUT2D eigenvalue weighted by Crippen LogP contribution is 2.20. The fourth-order valence-electron chi connectivity index (χ4n) is 1.69. The van der Waals surface area contributed by atoms with E-state index in [0.717, 1.165) is 24.0 Å². The number of benzene rings is 1. The fourth-order valence-corrected chi connectivity index (χ4v) is 1.69.